The Balaban J connectivity index is 1.77. The Morgan fingerprint density at radius 2 is 2.06 bits per heavy atom. The van der Waals surface area contributed by atoms with Crippen LogP contribution in [0.3, 0.4) is 0 Å². The summed E-state index contributed by atoms with van der Waals surface area (Å²) in [5.41, 5.74) is 1.30. The van der Waals surface area contributed by atoms with Crippen LogP contribution in [0.15, 0.2) is 18.2 Å². The van der Waals surface area contributed by atoms with Gasteiger partial charge in [-0.2, -0.15) is 0 Å². The zero-order chi connectivity index (χ0) is 11.2. The minimum atomic E-state index is 0.356. The normalized spacial score (nSPS) is 13.1. The summed E-state index contributed by atoms with van der Waals surface area (Å²) in [7, 11) is 2.11. The van der Waals surface area contributed by atoms with Gasteiger partial charge >= 0.3 is 0 Å². The first kappa shape index (κ1) is 11.2. The van der Waals surface area contributed by atoms with Gasteiger partial charge in [0, 0.05) is 12.0 Å². The Bertz CT molecular complexity index is 342. The number of hydrogen-bond acceptors (Lipinski definition) is 2. The lowest BCUT2D eigenvalue weighted by Crippen LogP contribution is -2.85. The Kier molecular flexibility index (Phi) is 4.02. The third-order valence-corrected chi connectivity index (χ3v) is 2.72. The summed E-state index contributed by atoms with van der Waals surface area (Å²) in [6.45, 7) is 3.76. The number of ether oxygens (including phenoxy) is 2. The Hall–Kier alpha value is -1.26. The number of nitrogens with two attached hydrogens (primary N) is 2. The summed E-state index contributed by atoms with van der Waals surface area (Å²) in [6.07, 6.45) is 1.25. The molecule has 88 valence electrons. The highest BCUT2D eigenvalue weighted by molar-refractivity contribution is 5.44. The van der Waals surface area contributed by atoms with E-state index < -0.39 is 0 Å². The highest BCUT2D eigenvalue weighted by atomic mass is 16.7. The predicted octanol–water partition coefficient (Wildman–Crippen LogP) is -0.938. The second-order valence-corrected chi connectivity index (χ2v) is 4.02. The van der Waals surface area contributed by atoms with Crippen molar-refractivity contribution in [2.24, 2.45) is 0 Å². The third-order valence-electron chi connectivity index (χ3n) is 2.72. The molecule has 0 aromatic heterocycles. The lowest BCUT2D eigenvalue weighted by atomic mass is 10.2. The average molecular weight is 224 g/mol. The van der Waals surface area contributed by atoms with E-state index >= 15 is 0 Å². The van der Waals surface area contributed by atoms with Crippen LogP contribution in [0.2, 0.25) is 0 Å². The molecule has 4 N–H and O–H groups in total. The zero-order valence-electron chi connectivity index (χ0n) is 9.74. The maximum Gasteiger partial charge on any atom is 0.231 e. The molecule has 0 fully saturated rings. The second kappa shape index (κ2) is 5.72. The summed E-state index contributed by atoms with van der Waals surface area (Å²) >= 11 is 0. The first-order valence-corrected chi connectivity index (χ1v) is 5.88. The van der Waals surface area contributed by atoms with E-state index in [1.807, 2.05) is 6.07 Å². The largest absolute Gasteiger partial charge is 0.454 e. The predicted molar refractivity (Wildman–Crippen MR) is 60.4 cm³/mol. The molecular formula is C12H20N2O2+2. The fourth-order valence-electron chi connectivity index (χ4n) is 1.80. The molecule has 0 saturated heterocycles. The third kappa shape index (κ3) is 2.87. The van der Waals surface area contributed by atoms with Gasteiger partial charge in [-0.1, -0.05) is 0 Å². The summed E-state index contributed by atoms with van der Waals surface area (Å²) in [4.78, 5) is 0. The van der Waals surface area contributed by atoms with Crippen molar-refractivity contribution < 1.29 is 20.1 Å². The monoisotopic (exact) mass is 224 g/mol. The molecule has 0 amide bonds. The molecule has 2 rings (SSSR count). The van der Waals surface area contributed by atoms with E-state index in [0.717, 1.165) is 18.0 Å². The van der Waals surface area contributed by atoms with Gasteiger partial charge in [-0.3, -0.25) is 0 Å². The summed E-state index contributed by atoms with van der Waals surface area (Å²) in [5.74, 6) is 1.75. The average Bonchev–Trinajstić information content (AvgIpc) is 2.76. The number of hydrogen-bond donors (Lipinski definition) is 2. The fraction of sp³-hybridized carbons (Fsp3) is 0.500. The van der Waals surface area contributed by atoms with E-state index in [2.05, 4.69) is 29.8 Å². The van der Waals surface area contributed by atoms with Crippen molar-refractivity contribution >= 4 is 0 Å². The molecule has 1 aromatic carbocycles. The van der Waals surface area contributed by atoms with Crippen molar-refractivity contribution in [1.82, 2.24) is 0 Å². The zero-order valence-corrected chi connectivity index (χ0v) is 9.74. The Labute approximate surface area is 95.9 Å². The van der Waals surface area contributed by atoms with Crippen LogP contribution in [0, 0.1) is 0 Å². The Morgan fingerprint density at radius 3 is 2.94 bits per heavy atom. The van der Waals surface area contributed by atoms with E-state index in [4.69, 9.17) is 9.47 Å². The molecule has 16 heavy (non-hydrogen) atoms. The van der Waals surface area contributed by atoms with Crippen molar-refractivity contribution in [3.05, 3.63) is 23.8 Å². The van der Waals surface area contributed by atoms with Gasteiger partial charge in [-0.15, -0.1) is 0 Å². The second-order valence-electron chi connectivity index (χ2n) is 4.02. The highest BCUT2D eigenvalue weighted by Crippen LogP contribution is 2.32. The van der Waals surface area contributed by atoms with Crippen molar-refractivity contribution in [3.8, 4) is 11.5 Å². The molecule has 1 aromatic rings. The first-order valence-electron chi connectivity index (χ1n) is 5.88. The quantitative estimate of drug-likeness (QED) is 0.613. The summed E-state index contributed by atoms with van der Waals surface area (Å²) in [5, 5.41) is 4.55. The molecule has 0 saturated carbocycles. The smallest absolute Gasteiger partial charge is 0.231 e. The van der Waals surface area contributed by atoms with E-state index in [1.165, 1.54) is 25.1 Å². The van der Waals surface area contributed by atoms with Crippen molar-refractivity contribution in [2.45, 2.75) is 13.0 Å². The van der Waals surface area contributed by atoms with E-state index in [0.29, 0.717) is 6.79 Å². The van der Waals surface area contributed by atoms with Crippen LogP contribution in [0.1, 0.15) is 12.0 Å². The number of rotatable bonds is 6. The fourth-order valence-corrected chi connectivity index (χ4v) is 1.80. The molecule has 0 radical (unpaired) electrons. The number of fused-ring (bicyclic) bond motifs is 1. The Morgan fingerprint density at radius 1 is 1.19 bits per heavy atom. The van der Waals surface area contributed by atoms with Crippen LogP contribution in [0.5, 0.6) is 11.5 Å². The van der Waals surface area contributed by atoms with Crippen LogP contribution in [0.4, 0.5) is 0 Å². The molecule has 0 unspecified atom stereocenters. The van der Waals surface area contributed by atoms with Crippen molar-refractivity contribution in [2.75, 3.05) is 26.9 Å². The molecule has 0 aliphatic carbocycles. The SMILES string of the molecule is C[NH2+]CCC[NH2+]Cc1ccc2c(c1)OCO2. The van der Waals surface area contributed by atoms with Gasteiger partial charge in [0.05, 0.1) is 20.1 Å². The highest BCUT2D eigenvalue weighted by Gasteiger charge is 2.13. The van der Waals surface area contributed by atoms with E-state index in [9.17, 15) is 0 Å². The maximum atomic E-state index is 5.34. The van der Waals surface area contributed by atoms with Crippen LogP contribution >= 0.6 is 0 Å². The number of quaternary nitrogens is 2. The van der Waals surface area contributed by atoms with Gasteiger partial charge in [-0.05, 0) is 18.2 Å². The minimum Gasteiger partial charge on any atom is -0.454 e. The molecule has 4 heteroatoms. The van der Waals surface area contributed by atoms with Crippen LogP contribution < -0.4 is 20.1 Å². The topological polar surface area (TPSA) is 51.7 Å². The van der Waals surface area contributed by atoms with Gasteiger partial charge in [-0.25, -0.2) is 0 Å². The van der Waals surface area contributed by atoms with Gasteiger partial charge in [0.15, 0.2) is 11.5 Å². The van der Waals surface area contributed by atoms with Crippen LogP contribution in [-0.4, -0.2) is 26.9 Å². The molecule has 1 aliphatic heterocycles. The molecule has 0 bridgehead atoms. The molecular weight excluding hydrogens is 204 g/mol. The van der Waals surface area contributed by atoms with Crippen LogP contribution in [0.25, 0.3) is 0 Å². The summed E-state index contributed by atoms with van der Waals surface area (Å²) < 4.78 is 10.6. The van der Waals surface area contributed by atoms with Crippen molar-refractivity contribution in [1.29, 1.82) is 0 Å². The van der Waals surface area contributed by atoms with E-state index in [-0.39, 0.29) is 0 Å². The lowest BCUT2D eigenvalue weighted by molar-refractivity contribution is -0.682. The van der Waals surface area contributed by atoms with Gasteiger partial charge in [0.25, 0.3) is 0 Å². The molecule has 1 heterocycles. The van der Waals surface area contributed by atoms with Gasteiger partial charge in [0.2, 0.25) is 6.79 Å². The number of benzene rings is 1. The first-order chi connectivity index (χ1) is 7.90. The summed E-state index contributed by atoms with van der Waals surface area (Å²) in [6, 6.07) is 6.17. The molecule has 0 spiro atoms. The molecule has 1 aliphatic rings. The van der Waals surface area contributed by atoms with Crippen LogP contribution in [-0.2, 0) is 6.54 Å². The molecule has 0 atom stereocenters. The van der Waals surface area contributed by atoms with Crippen molar-refractivity contribution in [3.63, 3.8) is 0 Å². The molecule has 4 nitrogen and oxygen atoms in total. The maximum absolute atomic E-state index is 5.34. The standard InChI is InChI=1S/C12H18N2O2/c1-13-5-2-6-14-8-10-3-4-11-12(7-10)16-9-15-11/h3-4,7,13-14H,2,5-6,8-9H2,1H3/p+2. The lowest BCUT2D eigenvalue weighted by Gasteiger charge is -2.02. The van der Waals surface area contributed by atoms with Gasteiger partial charge in [0.1, 0.15) is 6.54 Å². The minimum absolute atomic E-state index is 0.356. The van der Waals surface area contributed by atoms with Gasteiger partial charge < -0.3 is 20.1 Å². The van der Waals surface area contributed by atoms with E-state index in [1.54, 1.807) is 0 Å².